The number of rotatable bonds is 22. The Hall–Kier alpha value is -4.92. The molecule has 4 amide bonds. The molecular formula is C34H48N4O11. The fourth-order valence-corrected chi connectivity index (χ4v) is 5.09. The molecule has 1 aromatic heterocycles. The van der Waals surface area contributed by atoms with Crippen molar-refractivity contribution >= 4 is 36.1 Å². The average Bonchev–Trinajstić information content (AvgIpc) is 3.58. The van der Waals surface area contributed by atoms with Gasteiger partial charge in [-0.3, -0.25) is 29.2 Å². The first-order chi connectivity index (χ1) is 23.5. The third-order valence-electron chi connectivity index (χ3n) is 7.49. The second kappa shape index (κ2) is 21.1. The minimum atomic E-state index is -1.28. The van der Waals surface area contributed by atoms with Crippen molar-refractivity contribution in [2.45, 2.75) is 85.2 Å². The van der Waals surface area contributed by atoms with Crippen LogP contribution in [0.15, 0.2) is 34.7 Å². The van der Waals surface area contributed by atoms with Gasteiger partial charge >= 0.3 is 11.9 Å². The molecule has 0 aliphatic carbocycles. The molecular weight excluding hydrogens is 640 g/mol. The van der Waals surface area contributed by atoms with Crippen LogP contribution in [-0.4, -0.2) is 84.9 Å². The fraction of sp³-hybridized carbons (Fsp3) is 0.529. The predicted octanol–water partition coefficient (Wildman–Crippen LogP) is 3.59. The van der Waals surface area contributed by atoms with E-state index in [1.54, 1.807) is 39.8 Å². The van der Waals surface area contributed by atoms with Gasteiger partial charge in [-0.1, -0.05) is 39.2 Å². The zero-order valence-electron chi connectivity index (χ0n) is 28.7. The molecule has 0 radical (unpaired) electrons. The number of nitrogens with zero attached hydrogens (tertiary/aromatic N) is 1. The number of unbranched alkanes of at least 4 members (excludes halogenated alkanes) is 2. The summed E-state index contributed by atoms with van der Waals surface area (Å²) in [5.74, 6) is -3.43. The highest BCUT2D eigenvalue weighted by atomic mass is 16.5. The molecule has 15 heteroatoms. The number of hydroxylamine groups is 2. The summed E-state index contributed by atoms with van der Waals surface area (Å²) in [6.45, 7) is 8.89. The number of ether oxygens (including phenoxy) is 3. The molecule has 3 atom stereocenters. The van der Waals surface area contributed by atoms with Gasteiger partial charge in [-0.2, -0.15) is 0 Å². The van der Waals surface area contributed by atoms with Gasteiger partial charge in [0.1, 0.15) is 17.6 Å². The SMILES string of the molecule is CCCCC[C@@H](C(=O)NCNC(=O)c1ccc(-c2ccc(C(=O)N[C@@H](CC(=O)OCC)C(=O)OCC)c(OCC)c2)o1)[C@@H](CC)N(O)C=O. The predicted molar refractivity (Wildman–Crippen MR) is 176 cm³/mol. The third kappa shape index (κ3) is 12.2. The zero-order chi connectivity index (χ0) is 36.3. The Kier molecular flexibility index (Phi) is 17.4. The van der Waals surface area contributed by atoms with Crippen LogP contribution in [0.1, 0.15) is 94.1 Å². The Labute approximate surface area is 286 Å². The Bertz CT molecular complexity index is 1410. The molecule has 15 nitrogen and oxygen atoms in total. The molecule has 0 aliphatic rings. The van der Waals surface area contributed by atoms with Crippen LogP contribution >= 0.6 is 0 Å². The van der Waals surface area contributed by atoms with Crippen LogP contribution in [-0.2, 0) is 28.7 Å². The van der Waals surface area contributed by atoms with Gasteiger partial charge in [0.15, 0.2) is 5.76 Å². The monoisotopic (exact) mass is 688 g/mol. The van der Waals surface area contributed by atoms with E-state index in [9.17, 15) is 34.0 Å². The lowest BCUT2D eigenvalue weighted by Crippen LogP contribution is -2.47. The van der Waals surface area contributed by atoms with Crippen molar-refractivity contribution in [1.29, 1.82) is 0 Å². The summed E-state index contributed by atoms with van der Waals surface area (Å²) in [5.41, 5.74) is 0.560. The highest BCUT2D eigenvalue weighted by Crippen LogP contribution is 2.29. The molecule has 0 fully saturated rings. The van der Waals surface area contributed by atoms with Crippen LogP contribution in [0, 0.1) is 5.92 Å². The van der Waals surface area contributed by atoms with Crippen molar-refractivity contribution in [2.24, 2.45) is 5.92 Å². The first-order valence-electron chi connectivity index (χ1n) is 16.5. The van der Waals surface area contributed by atoms with Crippen LogP contribution in [0.25, 0.3) is 11.3 Å². The van der Waals surface area contributed by atoms with Gasteiger partial charge in [-0.15, -0.1) is 0 Å². The molecule has 0 bridgehead atoms. The van der Waals surface area contributed by atoms with Crippen molar-refractivity contribution in [3.8, 4) is 17.1 Å². The maximum atomic E-state index is 13.2. The van der Waals surface area contributed by atoms with Gasteiger partial charge in [0.05, 0.1) is 50.4 Å². The first kappa shape index (κ1) is 40.3. The number of nitrogens with one attached hydrogen (secondary N) is 3. The van der Waals surface area contributed by atoms with Crippen LogP contribution in [0.5, 0.6) is 5.75 Å². The zero-order valence-corrected chi connectivity index (χ0v) is 28.7. The number of carbonyl (C=O) groups is 6. The molecule has 2 rings (SSSR count). The fourth-order valence-electron chi connectivity index (χ4n) is 5.09. The summed E-state index contributed by atoms with van der Waals surface area (Å²) in [5, 5.41) is 18.3. The van der Waals surface area contributed by atoms with Gasteiger partial charge in [-0.25, -0.2) is 9.86 Å². The van der Waals surface area contributed by atoms with Gasteiger partial charge in [0, 0.05) is 5.56 Å². The van der Waals surface area contributed by atoms with Gasteiger partial charge in [0.2, 0.25) is 12.3 Å². The molecule has 49 heavy (non-hydrogen) atoms. The molecule has 1 aromatic carbocycles. The maximum Gasteiger partial charge on any atom is 0.329 e. The number of furan rings is 1. The van der Waals surface area contributed by atoms with Crippen LogP contribution in [0.2, 0.25) is 0 Å². The van der Waals surface area contributed by atoms with Crippen molar-refractivity contribution in [3.05, 3.63) is 41.7 Å². The van der Waals surface area contributed by atoms with Gasteiger partial charge in [-0.05, 0) is 57.9 Å². The van der Waals surface area contributed by atoms with E-state index in [2.05, 4.69) is 16.0 Å². The largest absolute Gasteiger partial charge is 0.493 e. The van der Waals surface area contributed by atoms with Crippen molar-refractivity contribution in [3.63, 3.8) is 0 Å². The molecule has 1 heterocycles. The second-order valence-corrected chi connectivity index (χ2v) is 10.9. The summed E-state index contributed by atoms with van der Waals surface area (Å²) in [6.07, 6.45) is 3.25. The van der Waals surface area contributed by atoms with Crippen LogP contribution in [0.3, 0.4) is 0 Å². The van der Waals surface area contributed by atoms with E-state index in [0.717, 1.165) is 19.3 Å². The van der Waals surface area contributed by atoms with E-state index in [4.69, 9.17) is 18.6 Å². The molecule has 2 aromatic rings. The topological polar surface area (TPSA) is 203 Å². The van der Waals surface area contributed by atoms with E-state index in [0.29, 0.717) is 23.5 Å². The Morgan fingerprint density at radius 1 is 0.918 bits per heavy atom. The van der Waals surface area contributed by atoms with Crippen LogP contribution < -0.4 is 20.7 Å². The molecule has 4 N–H and O–H groups in total. The summed E-state index contributed by atoms with van der Waals surface area (Å²) in [4.78, 5) is 74.7. The van der Waals surface area contributed by atoms with E-state index in [1.165, 1.54) is 18.2 Å². The number of benzene rings is 1. The van der Waals surface area contributed by atoms with E-state index >= 15 is 0 Å². The number of hydrogen-bond acceptors (Lipinski definition) is 11. The quantitative estimate of drug-likeness (QED) is 0.0352. The van der Waals surface area contributed by atoms with Crippen molar-refractivity contribution in [2.75, 3.05) is 26.5 Å². The smallest absolute Gasteiger partial charge is 0.329 e. The Morgan fingerprint density at radius 3 is 2.29 bits per heavy atom. The number of hydrogen-bond donors (Lipinski definition) is 4. The molecule has 0 saturated heterocycles. The summed E-state index contributed by atoms with van der Waals surface area (Å²) in [7, 11) is 0. The Balaban J connectivity index is 2.15. The minimum Gasteiger partial charge on any atom is -0.493 e. The lowest BCUT2D eigenvalue weighted by atomic mass is 9.90. The van der Waals surface area contributed by atoms with E-state index in [-0.39, 0.29) is 55.7 Å². The Morgan fingerprint density at radius 2 is 1.65 bits per heavy atom. The summed E-state index contributed by atoms with van der Waals surface area (Å²) in [6, 6.07) is 5.57. The lowest BCUT2D eigenvalue weighted by molar-refractivity contribution is -0.168. The highest BCUT2D eigenvalue weighted by molar-refractivity contribution is 6.00. The van der Waals surface area contributed by atoms with E-state index in [1.807, 2.05) is 6.92 Å². The van der Waals surface area contributed by atoms with Crippen molar-refractivity contribution < 1.29 is 52.6 Å². The number of amides is 4. The molecule has 0 aliphatic heterocycles. The van der Waals surface area contributed by atoms with Gasteiger partial charge < -0.3 is 34.6 Å². The lowest BCUT2D eigenvalue weighted by Gasteiger charge is -2.29. The first-order valence-corrected chi connectivity index (χ1v) is 16.5. The molecule has 0 unspecified atom stereocenters. The molecule has 0 saturated carbocycles. The summed E-state index contributed by atoms with van der Waals surface area (Å²) < 4.78 is 21.4. The molecule has 270 valence electrons. The molecule has 0 spiro atoms. The third-order valence-corrected chi connectivity index (χ3v) is 7.49. The second-order valence-electron chi connectivity index (χ2n) is 10.9. The highest BCUT2D eigenvalue weighted by Gasteiger charge is 2.31. The number of carbonyl (C=O) groups excluding carboxylic acids is 6. The standard InChI is InChI=1S/C34H48N4O11/c1-6-11-12-13-23(26(7-2)38(45)21-39)31(41)35-20-36-33(43)28-17-16-27(49-28)22-14-15-24(29(18-22)46-8-3)32(42)37-25(34(44)48-10-5)19-30(40)47-9-4/h14-18,21,23,25-26,45H,6-13,19-20H2,1-5H3,(H,35,41)(H,36,43)(H,37,42)/t23-,25+,26-/m1/s1. The normalized spacial score (nSPS) is 12.5. The number of esters is 2. The average molecular weight is 689 g/mol. The minimum absolute atomic E-state index is 0.0475. The van der Waals surface area contributed by atoms with Crippen molar-refractivity contribution in [1.82, 2.24) is 21.0 Å². The van der Waals surface area contributed by atoms with E-state index < -0.39 is 54.1 Å². The summed E-state index contributed by atoms with van der Waals surface area (Å²) >= 11 is 0. The van der Waals surface area contributed by atoms with Crippen LogP contribution in [0.4, 0.5) is 0 Å². The maximum absolute atomic E-state index is 13.2. The van der Waals surface area contributed by atoms with Gasteiger partial charge in [0.25, 0.3) is 11.8 Å².